The van der Waals surface area contributed by atoms with Crippen molar-refractivity contribution in [1.29, 1.82) is 0 Å². The first-order chi connectivity index (χ1) is 6.90. The molecule has 0 aromatic heterocycles. The Labute approximate surface area is 96.5 Å². The molecule has 0 aliphatic carbocycles. The molecule has 1 aliphatic heterocycles. The summed E-state index contributed by atoms with van der Waals surface area (Å²) in [4.78, 5) is 11.9. The Kier molecular flexibility index (Phi) is 4.01. The summed E-state index contributed by atoms with van der Waals surface area (Å²) >= 11 is 5.96. The molecule has 0 bridgehead atoms. The fraction of sp³-hybridized carbons (Fsp3) is 0.909. The summed E-state index contributed by atoms with van der Waals surface area (Å²) in [5.74, 6) is 0.517. The molecule has 0 aromatic rings. The van der Waals surface area contributed by atoms with Gasteiger partial charge in [-0.3, -0.25) is 4.79 Å². The number of carbonyl (C=O) groups excluding carboxylic acids is 1. The zero-order valence-electron chi connectivity index (χ0n) is 9.73. The van der Waals surface area contributed by atoms with Crippen molar-refractivity contribution in [3.63, 3.8) is 0 Å². The van der Waals surface area contributed by atoms with Crippen LogP contribution in [-0.4, -0.2) is 30.5 Å². The summed E-state index contributed by atoms with van der Waals surface area (Å²) in [6.45, 7) is 7.07. The van der Waals surface area contributed by atoms with Gasteiger partial charge in [0, 0.05) is 24.5 Å². The molecule has 3 nitrogen and oxygen atoms in total. The molecular formula is C11H20ClNO2. The largest absolute Gasteiger partial charge is 0.381 e. The monoisotopic (exact) mass is 233 g/mol. The van der Waals surface area contributed by atoms with Gasteiger partial charge < -0.3 is 10.1 Å². The van der Waals surface area contributed by atoms with Crippen molar-refractivity contribution in [1.82, 2.24) is 5.32 Å². The molecule has 0 radical (unpaired) electrons. The van der Waals surface area contributed by atoms with E-state index in [4.69, 9.17) is 16.3 Å². The molecule has 1 saturated heterocycles. The van der Waals surface area contributed by atoms with E-state index < -0.39 is 0 Å². The number of hydrogen-bond donors (Lipinski definition) is 1. The van der Waals surface area contributed by atoms with E-state index in [0.717, 1.165) is 12.8 Å². The molecule has 0 aromatic carbocycles. The highest BCUT2D eigenvalue weighted by Gasteiger charge is 2.36. The number of hydrogen-bond acceptors (Lipinski definition) is 2. The molecule has 15 heavy (non-hydrogen) atoms. The van der Waals surface area contributed by atoms with Gasteiger partial charge >= 0.3 is 0 Å². The van der Waals surface area contributed by atoms with E-state index in [2.05, 4.69) is 5.32 Å². The molecule has 0 unspecified atom stereocenters. The molecular weight excluding hydrogens is 214 g/mol. The number of ether oxygens (including phenoxy) is 1. The van der Waals surface area contributed by atoms with Gasteiger partial charge in [-0.2, -0.15) is 0 Å². The van der Waals surface area contributed by atoms with Gasteiger partial charge in [0.1, 0.15) is 0 Å². The van der Waals surface area contributed by atoms with Crippen molar-refractivity contribution in [2.45, 2.75) is 39.2 Å². The summed E-state index contributed by atoms with van der Waals surface area (Å²) in [6.07, 6.45) is 1.61. The number of rotatable bonds is 2. The van der Waals surface area contributed by atoms with E-state index in [1.165, 1.54) is 0 Å². The van der Waals surface area contributed by atoms with E-state index >= 15 is 0 Å². The standard InChI is InChI=1S/C11H20ClNO2/c1-10(2,3)9(14)13-11(8-12)4-6-15-7-5-11/h4-8H2,1-3H3,(H,13,14). The lowest BCUT2D eigenvalue weighted by atomic mass is 9.88. The normalized spacial score (nSPS) is 21.1. The van der Waals surface area contributed by atoms with Crippen LogP contribution in [-0.2, 0) is 9.53 Å². The maximum atomic E-state index is 11.9. The van der Waals surface area contributed by atoms with E-state index in [0.29, 0.717) is 19.1 Å². The zero-order chi connectivity index (χ0) is 11.5. The Morgan fingerprint density at radius 2 is 1.93 bits per heavy atom. The van der Waals surface area contributed by atoms with E-state index in [-0.39, 0.29) is 16.9 Å². The summed E-state index contributed by atoms with van der Waals surface area (Å²) in [5, 5.41) is 3.07. The van der Waals surface area contributed by atoms with Crippen molar-refractivity contribution in [3.8, 4) is 0 Å². The predicted molar refractivity (Wildman–Crippen MR) is 61.1 cm³/mol. The minimum Gasteiger partial charge on any atom is -0.381 e. The Morgan fingerprint density at radius 3 is 2.33 bits per heavy atom. The fourth-order valence-corrected chi connectivity index (χ4v) is 1.82. The van der Waals surface area contributed by atoms with E-state index in [9.17, 15) is 4.79 Å². The lowest BCUT2D eigenvalue weighted by Gasteiger charge is -2.38. The molecule has 1 heterocycles. The molecule has 1 aliphatic rings. The first-order valence-electron chi connectivity index (χ1n) is 5.36. The molecule has 0 saturated carbocycles. The molecule has 4 heteroatoms. The van der Waals surface area contributed by atoms with Gasteiger partial charge in [-0.1, -0.05) is 20.8 Å². The maximum absolute atomic E-state index is 11.9. The summed E-state index contributed by atoms with van der Waals surface area (Å²) in [6, 6.07) is 0. The topological polar surface area (TPSA) is 38.3 Å². The Hall–Kier alpha value is -0.280. The van der Waals surface area contributed by atoms with Crippen molar-refractivity contribution in [3.05, 3.63) is 0 Å². The SMILES string of the molecule is CC(C)(C)C(=O)NC1(CCl)CCOCC1. The second-order valence-corrected chi connectivity index (χ2v) is 5.50. The van der Waals surface area contributed by atoms with Crippen LogP contribution in [0.1, 0.15) is 33.6 Å². The van der Waals surface area contributed by atoms with Crippen molar-refractivity contribution < 1.29 is 9.53 Å². The predicted octanol–water partition coefficient (Wildman–Crippen LogP) is 1.94. The number of amides is 1. The highest BCUT2D eigenvalue weighted by atomic mass is 35.5. The lowest BCUT2D eigenvalue weighted by molar-refractivity contribution is -0.131. The van der Waals surface area contributed by atoms with Crippen molar-refractivity contribution >= 4 is 17.5 Å². The number of halogens is 1. The third kappa shape index (κ3) is 3.35. The van der Waals surface area contributed by atoms with Gasteiger partial charge in [-0.25, -0.2) is 0 Å². The van der Waals surface area contributed by atoms with Crippen LogP contribution < -0.4 is 5.32 Å². The molecule has 1 N–H and O–H groups in total. The average Bonchev–Trinajstić information content (AvgIpc) is 2.18. The molecule has 0 atom stereocenters. The van der Waals surface area contributed by atoms with E-state index in [1.807, 2.05) is 20.8 Å². The Morgan fingerprint density at radius 1 is 1.40 bits per heavy atom. The van der Waals surface area contributed by atoms with Crippen LogP contribution in [0, 0.1) is 5.41 Å². The maximum Gasteiger partial charge on any atom is 0.225 e. The van der Waals surface area contributed by atoms with Gasteiger partial charge in [0.25, 0.3) is 0 Å². The molecule has 1 amide bonds. The summed E-state index contributed by atoms with van der Waals surface area (Å²) in [5.41, 5.74) is -0.623. The summed E-state index contributed by atoms with van der Waals surface area (Å²) in [7, 11) is 0. The first kappa shape index (κ1) is 12.8. The van der Waals surface area contributed by atoms with Crippen LogP contribution >= 0.6 is 11.6 Å². The average molecular weight is 234 g/mol. The highest BCUT2D eigenvalue weighted by Crippen LogP contribution is 2.24. The van der Waals surface area contributed by atoms with Crippen molar-refractivity contribution in [2.24, 2.45) is 5.41 Å². The minimum absolute atomic E-state index is 0.0602. The van der Waals surface area contributed by atoms with Crippen LogP contribution in [0.3, 0.4) is 0 Å². The first-order valence-corrected chi connectivity index (χ1v) is 5.89. The zero-order valence-corrected chi connectivity index (χ0v) is 10.5. The summed E-state index contributed by atoms with van der Waals surface area (Å²) < 4.78 is 5.28. The van der Waals surface area contributed by atoms with Gasteiger partial charge in [-0.15, -0.1) is 11.6 Å². The molecule has 88 valence electrons. The smallest absolute Gasteiger partial charge is 0.225 e. The highest BCUT2D eigenvalue weighted by molar-refractivity contribution is 6.18. The van der Waals surface area contributed by atoms with Gasteiger partial charge in [0.15, 0.2) is 0 Å². The van der Waals surface area contributed by atoms with E-state index in [1.54, 1.807) is 0 Å². The number of nitrogens with one attached hydrogen (secondary N) is 1. The lowest BCUT2D eigenvalue weighted by Crippen LogP contribution is -2.56. The van der Waals surface area contributed by atoms with Gasteiger partial charge in [0.2, 0.25) is 5.91 Å². The van der Waals surface area contributed by atoms with Gasteiger partial charge in [-0.05, 0) is 12.8 Å². The fourth-order valence-electron chi connectivity index (χ4n) is 1.48. The number of alkyl halides is 1. The number of carbonyl (C=O) groups is 1. The molecule has 1 fully saturated rings. The quantitative estimate of drug-likeness (QED) is 0.741. The third-order valence-electron chi connectivity index (χ3n) is 2.77. The second kappa shape index (κ2) is 4.71. The van der Waals surface area contributed by atoms with Crippen LogP contribution in [0.15, 0.2) is 0 Å². The van der Waals surface area contributed by atoms with Crippen LogP contribution in [0.5, 0.6) is 0 Å². The van der Waals surface area contributed by atoms with Crippen LogP contribution in [0.2, 0.25) is 0 Å². The molecule has 0 spiro atoms. The minimum atomic E-state index is -0.364. The Bertz CT molecular complexity index is 229. The Balaban J connectivity index is 2.63. The van der Waals surface area contributed by atoms with Crippen molar-refractivity contribution in [2.75, 3.05) is 19.1 Å². The second-order valence-electron chi connectivity index (χ2n) is 5.23. The molecule has 1 rings (SSSR count). The van der Waals surface area contributed by atoms with Crippen LogP contribution in [0.4, 0.5) is 0 Å². The van der Waals surface area contributed by atoms with Gasteiger partial charge in [0.05, 0.1) is 5.54 Å². The van der Waals surface area contributed by atoms with Crippen LogP contribution in [0.25, 0.3) is 0 Å². The third-order valence-corrected chi connectivity index (χ3v) is 3.28.